The Morgan fingerprint density at radius 1 is 1.32 bits per heavy atom. The third kappa shape index (κ3) is 3.86. The summed E-state index contributed by atoms with van der Waals surface area (Å²) in [6, 6.07) is 4.90. The lowest BCUT2D eigenvalue weighted by Gasteiger charge is -2.33. The van der Waals surface area contributed by atoms with E-state index in [0.29, 0.717) is 22.9 Å². The van der Waals surface area contributed by atoms with E-state index in [9.17, 15) is 4.39 Å². The molecule has 0 heterocycles. The lowest BCUT2D eigenvalue weighted by Crippen LogP contribution is -2.27. The quantitative estimate of drug-likeness (QED) is 0.612. The first-order valence-corrected chi connectivity index (χ1v) is 8.00. The third-order valence-electron chi connectivity index (χ3n) is 4.22. The van der Waals surface area contributed by atoms with Gasteiger partial charge in [-0.2, -0.15) is 0 Å². The summed E-state index contributed by atoms with van der Waals surface area (Å²) in [7, 11) is 0. The van der Waals surface area contributed by atoms with Crippen LogP contribution in [0.1, 0.15) is 44.6 Å². The normalized spacial score (nSPS) is 27.5. The van der Waals surface area contributed by atoms with E-state index in [-0.39, 0.29) is 11.2 Å². The summed E-state index contributed by atoms with van der Waals surface area (Å²) in [4.78, 5) is 0. The molecule has 1 aliphatic rings. The summed E-state index contributed by atoms with van der Waals surface area (Å²) in [5.74, 6) is 0.894. The molecule has 1 aromatic rings. The summed E-state index contributed by atoms with van der Waals surface area (Å²) >= 11 is 12.5. The zero-order valence-corrected chi connectivity index (χ0v) is 12.9. The van der Waals surface area contributed by atoms with Crippen LogP contribution in [0.25, 0.3) is 0 Å². The minimum atomic E-state index is -0.200. The van der Waals surface area contributed by atoms with Gasteiger partial charge in [0.1, 0.15) is 5.82 Å². The molecular weight excluding hydrogens is 282 g/mol. The first kappa shape index (κ1) is 15.1. The highest BCUT2D eigenvalue weighted by Crippen LogP contribution is 2.38. The van der Waals surface area contributed by atoms with Gasteiger partial charge in [0.15, 0.2) is 0 Å². The van der Waals surface area contributed by atoms with Crippen molar-refractivity contribution < 1.29 is 4.39 Å². The number of halogens is 3. The van der Waals surface area contributed by atoms with Crippen molar-refractivity contribution in [3.8, 4) is 0 Å². The van der Waals surface area contributed by atoms with Crippen LogP contribution < -0.4 is 0 Å². The van der Waals surface area contributed by atoms with Crippen LogP contribution in [-0.2, 0) is 6.42 Å². The SMILES string of the molecule is CCCC1CCC(Cl)C(Cc2c(F)cccc2Cl)C1. The van der Waals surface area contributed by atoms with E-state index in [4.69, 9.17) is 23.2 Å². The predicted molar refractivity (Wildman–Crippen MR) is 80.5 cm³/mol. The average Bonchev–Trinajstić information content (AvgIpc) is 2.38. The molecule has 0 spiro atoms. The molecule has 2 rings (SSSR count). The van der Waals surface area contributed by atoms with Crippen molar-refractivity contribution >= 4 is 23.2 Å². The van der Waals surface area contributed by atoms with Crippen LogP contribution in [-0.4, -0.2) is 5.38 Å². The van der Waals surface area contributed by atoms with Crippen LogP contribution in [0.3, 0.4) is 0 Å². The molecule has 19 heavy (non-hydrogen) atoms. The van der Waals surface area contributed by atoms with Crippen LogP contribution in [0.5, 0.6) is 0 Å². The Balaban J connectivity index is 2.08. The van der Waals surface area contributed by atoms with Crippen LogP contribution >= 0.6 is 23.2 Å². The van der Waals surface area contributed by atoms with Gasteiger partial charge in [0.05, 0.1) is 0 Å². The average molecular weight is 303 g/mol. The molecule has 1 fully saturated rings. The second kappa shape index (κ2) is 6.95. The molecule has 0 radical (unpaired) electrons. The Morgan fingerprint density at radius 3 is 2.79 bits per heavy atom. The van der Waals surface area contributed by atoms with Gasteiger partial charge in [-0.05, 0) is 49.7 Å². The van der Waals surface area contributed by atoms with E-state index in [1.807, 2.05) is 0 Å². The molecule has 3 atom stereocenters. The number of benzene rings is 1. The number of hydrogen-bond donors (Lipinski definition) is 0. The Kier molecular flexibility index (Phi) is 5.53. The molecule has 0 saturated heterocycles. The molecule has 0 amide bonds. The number of alkyl halides is 1. The van der Waals surface area contributed by atoms with Gasteiger partial charge in [-0.25, -0.2) is 4.39 Å². The van der Waals surface area contributed by atoms with Crippen molar-refractivity contribution in [3.63, 3.8) is 0 Å². The molecule has 106 valence electrons. The third-order valence-corrected chi connectivity index (χ3v) is 5.15. The van der Waals surface area contributed by atoms with Crippen molar-refractivity contribution in [2.75, 3.05) is 0 Å². The topological polar surface area (TPSA) is 0 Å². The van der Waals surface area contributed by atoms with Gasteiger partial charge in [0.2, 0.25) is 0 Å². The first-order chi connectivity index (χ1) is 9.11. The van der Waals surface area contributed by atoms with Crippen LogP contribution in [0.4, 0.5) is 4.39 Å². The van der Waals surface area contributed by atoms with Gasteiger partial charge in [-0.1, -0.05) is 37.4 Å². The lowest BCUT2D eigenvalue weighted by atomic mass is 9.76. The Hall–Kier alpha value is -0.270. The fourth-order valence-corrected chi connectivity index (χ4v) is 3.75. The largest absolute Gasteiger partial charge is 0.207 e. The van der Waals surface area contributed by atoms with Gasteiger partial charge < -0.3 is 0 Å². The van der Waals surface area contributed by atoms with Gasteiger partial charge in [-0.3, -0.25) is 0 Å². The summed E-state index contributed by atoms with van der Waals surface area (Å²) in [6.07, 6.45) is 6.49. The van der Waals surface area contributed by atoms with E-state index in [1.54, 1.807) is 12.1 Å². The Morgan fingerprint density at radius 2 is 2.11 bits per heavy atom. The monoisotopic (exact) mass is 302 g/mol. The Labute approximate surface area is 125 Å². The maximum absolute atomic E-state index is 13.9. The maximum atomic E-state index is 13.9. The molecule has 0 aliphatic heterocycles. The van der Waals surface area contributed by atoms with Crippen LogP contribution in [0, 0.1) is 17.7 Å². The van der Waals surface area contributed by atoms with Crippen LogP contribution in [0.2, 0.25) is 5.02 Å². The summed E-state index contributed by atoms with van der Waals surface area (Å²) in [6.45, 7) is 2.22. The van der Waals surface area contributed by atoms with Crippen LogP contribution in [0.15, 0.2) is 18.2 Å². The van der Waals surface area contributed by atoms with E-state index < -0.39 is 0 Å². The molecule has 0 nitrogen and oxygen atoms in total. The summed E-state index contributed by atoms with van der Waals surface area (Å²) < 4.78 is 13.9. The van der Waals surface area contributed by atoms with Gasteiger partial charge in [0, 0.05) is 16.0 Å². The molecule has 1 saturated carbocycles. The second-order valence-electron chi connectivity index (χ2n) is 5.65. The van der Waals surface area contributed by atoms with E-state index >= 15 is 0 Å². The number of rotatable bonds is 4. The molecule has 1 aliphatic carbocycles. The highest BCUT2D eigenvalue weighted by molar-refractivity contribution is 6.31. The van der Waals surface area contributed by atoms with Gasteiger partial charge in [-0.15, -0.1) is 11.6 Å². The second-order valence-corrected chi connectivity index (χ2v) is 6.62. The Bertz CT molecular complexity index is 399. The minimum absolute atomic E-state index is 0.156. The molecule has 1 aromatic carbocycles. The molecule has 3 unspecified atom stereocenters. The van der Waals surface area contributed by atoms with Crippen molar-refractivity contribution in [1.82, 2.24) is 0 Å². The highest BCUT2D eigenvalue weighted by Gasteiger charge is 2.29. The van der Waals surface area contributed by atoms with Crippen molar-refractivity contribution in [1.29, 1.82) is 0 Å². The van der Waals surface area contributed by atoms with Gasteiger partial charge >= 0.3 is 0 Å². The van der Waals surface area contributed by atoms with E-state index in [0.717, 1.165) is 18.8 Å². The highest BCUT2D eigenvalue weighted by atomic mass is 35.5. The smallest absolute Gasteiger partial charge is 0.127 e. The molecule has 0 N–H and O–H groups in total. The zero-order valence-electron chi connectivity index (χ0n) is 11.3. The van der Waals surface area contributed by atoms with Gasteiger partial charge in [0.25, 0.3) is 0 Å². The zero-order chi connectivity index (χ0) is 13.8. The predicted octanol–water partition coefficient (Wildman–Crippen LogP) is 5.85. The fraction of sp³-hybridized carbons (Fsp3) is 0.625. The van der Waals surface area contributed by atoms with E-state index in [2.05, 4.69) is 6.92 Å². The van der Waals surface area contributed by atoms with Crippen molar-refractivity contribution in [2.24, 2.45) is 11.8 Å². The summed E-state index contributed by atoms with van der Waals surface area (Å²) in [5, 5.41) is 0.685. The number of hydrogen-bond acceptors (Lipinski definition) is 0. The molecular formula is C16H21Cl2F. The van der Waals surface area contributed by atoms with E-state index in [1.165, 1.54) is 25.3 Å². The lowest BCUT2D eigenvalue weighted by molar-refractivity contribution is 0.256. The maximum Gasteiger partial charge on any atom is 0.127 e. The molecule has 3 heteroatoms. The first-order valence-electron chi connectivity index (χ1n) is 7.18. The fourth-order valence-electron chi connectivity index (χ4n) is 3.20. The minimum Gasteiger partial charge on any atom is -0.207 e. The molecule has 0 aromatic heterocycles. The molecule has 0 bridgehead atoms. The standard InChI is InChI=1S/C16H21Cl2F/c1-2-4-11-7-8-14(17)12(9-11)10-13-15(18)5-3-6-16(13)19/h3,5-6,11-12,14H,2,4,7-10H2,1H3. The van der Waals surface area contributed by atoms with Crippen molar-refractivity contribution in [2.45, 2.75) is 50.8 Å². The summed E-state index contributed by atoms with van der Waals surface area (Å²) in [5.41, 5.74) is 0.636. The van der Waals surface area contributed by atoms with Crippen molar-refractivity contribution in [3.05, 3.63) is 34.6 Å².